The highest BCUT2D eigenvalue weighted by molar-refractivity contribution is 7.68. The van der Waals surface area contributed by atoms with Crippen molar-refractivity contribution >= 4 is 32.5 Å². The van der Waals surface area contributed by atoms with Gasteiger partial charge in [-0.15, -0.1) is 0 Å². The zero-order valence-corrected chi connectivity index (χ0v) is 18.6. The van der Waals surface area contributed by atoms with Crippen LogP contribution in [0.5, 0.6) is 5.75 Å². The van der Waals surface area contributed by atoms with Crippen molar-refractivity contribution in [2.24, 2.45) is 0 Å². The first kappa shape index (κ1) is 20.8. The van der Waals surface area contributed by atoms with Gasteiger partial charge in [0, 0.05) is 23.8 Å². The molecule has 3 aromatic carbocycles. The lowest BCUT2D eigenvalue weighted by molar-refractivity contribution is 0.202. The minimum absolute atomic E-state index is 0.647. The van der Waals surface area contributed by atoms with Crippen LogP contribution in [0.15, 0.2) is 84.9 Å². The van der Waals surface area contributed by atoms with Crippen LogP contribution in [0.4, 0.5) is 0 Å². The molecule has 0 aliphatic heterocycles. The third-order valence-corrected chi connectivity index (χ3v) is 9.39. The first-order valence-corrected chi connectivity index (χ1v) is 13.2. The molecule has 0 saturated carbocycles. The Labute approximate surface area is 170 Å². The molecule has 0 aromatic heterocycles. The molecular weight excluding hydrogens is 383 g/mol. The summed E-state index contributed by atoms with van der Waals surface area (Å²) in [4.78, 5) is 0. The van der Waals surface area contributed by atoms with Crippen molar-refractivity contribution in [3.8, 4) is 5.75 Å². The van der Waals surface area contributed by atoms with Crippen molar-refractivity contribution in [1.29, 1.82) is 0 Å². The standard InChI is InChI=1S/C23H27O3PSi/c1-4-24-28(3,25-5-2)23-18-16-20(17-19-23)26-27(21-12-8-6-9-13-21)22-14-10-7-11-15-22/h6-19H,4-5H2,1-3H3. The number of hydrogen-bond acceptors (Lipinski definition) is 3. The van der Waals surface area contributed by atoms with Gasteiger partial charge in [-0.2, -0.15) is 0 Å². The van der Waals surface area contributed by atoms with E-state index in [1.807, 2.05) is 38.1 Å². The predicted octanol–water partition coefficient (Wildman–Crippen LogP) is 4.47. The van der Waals surface area contributed by atoms with Crippen molar-refractivity contribution in [1.82, 2.24) is 0 Å². The Morgan fingerprint density at radius 2 is 1.14 bits per heavy atom. The SMILES string of the molecule is CCO[Si](C)(OCC)c1ccc(OP(c2ccccc2)c2ccccc2)cc1. The van der Waals surface area contributed by atoms with Gasteiger partial charge in [-0.3, -0.25) is 0 Å². The molecule has 0 amide bonds. The lowest BCUT2D eigenvalue weighted by Gasteiger charge is -2.26. The summed E-state index contributed by atoms with van der Waals surface area (Å²) >= 11 is 0. The van der Waals surface area contributed by atoms with Gasteiger partial charge in [-0.1, -0.05) is 72.8 Å². The number of hydrogen-bond donors (Lipinski definition) is 0. The molecule has 0 aliphatic carbocycles. The van der Waals surface area contributed by atoms with Crippen LogP contribution in [0.2, 0.25) is 6.55 Å². The molecule has 5 heteroatoms. The van der Waals surface area contributed by atoms with Crippen LogP contribution in [-0.4, -0.2) is 21.8 Å². The molecular formula is C23H27O3PSi. The molecule has 0 fully saturated rings. The smallest absolute Gasteiger partial charge is 0.369 e. The second-order valence-corrected chi connectivity index (χ2v) is 11.2. The Bertz CT molecular complexity index is 795. The molecule has 0 atom stereocenters. The van der Waals surface area contributed by atoms with Gasteiger partial charge in [0.15, 0.2) is 8.15 Å². The maximum atomic E-state index is 6.47. The van der Waals surface area contributed by atoms with Gasteiger partial charge < -0.3 is 13.4 Å². The fourth-order valence-electron chi connectivity index (χ4n) is 3.06. The summed E-state index contributed by atoms with van der Waals surface area (Å²) in [5, 5.41) is 3.50. The maximum absolute atomic E-state index is 6.47. The van der Waals surface area contributed by atoms with Crippen LogP contribution in [0, 0.1) is 0 Å². The van der Waals surface area contributed by atoms with Gasteiger partial charge in [0.05, 0.1) is 0 Å². The Kier molecular flexibility index (Phi) is 7.41. The highest BCUT2D eigenvalue weighted by Crippen LogP contribution is 2.36. The second-order valence-electron chi connectivity index (χ2n) is 6.39. The van der Waals surface area contributed by atoms with Gasteiger partial charge in [0.1, 0.15) is 5.75 Å². The Hall–Kier alpha value is -1.97. The van der Waals surface area contributed by atoms with E-state index in [4.69, 9.17) is 13.4 Å². The lowest BCUT2D eigenvalue weighted by atomic mass is 10.3. The summed E-state index contributed by atoms with van der Waals surface area (Å²) in [6.07, 6.45) is 0. The molecule has 0 spiro atoms. The summed E-state index contributed by atoms with van der Waals surface area (Å²) in [6.45, 7) is 7.41. The van der Waals surface area contributed by atoms with Gasteiger partial charge >= 0.3 is 8.56 Å². The van der Waals surface area contributed by atoms with E-state index < -0.39 is 16.7 Å². The molecule has 0 bridgehead atoms. The van der Waals surface area contributed by atoms with Crippen molar-refractivity contribution < 1.29 is 13.4 Å². The molecule has 0 radical (unpaired) electrons. The minimum Gasteiger partial charge on any atom is -0.464 e. The highest BCUT2D eigenvalue weighted by atomic mass is 31.1. The van der Waals surface area contributed by atoms with Crippen LogP contribution in [0.25, 0.3) is 0 Å². The molecule has 3 aromatic rings. The van der Waals surface area contributed by atoms with E-state index in [1.165, 1.54) is 10.6 Å². The Balaban J connectivity index is 1.86. The fraction of sp³-hybridized carbons (Fsp3) is 0.217. The summed E-state index contributed by atoms with van der Waals surface area (Å²) in [5.41, 5.74) is 0. The zero-order chi connectivity index (χ0) is 19.8. The largest absolute Gasteiger partial charge is 0.464 e. The maximum Gasteiger partial charge on any atom is 0.369 e. The van der Waals surface area contributed by atoms with Gasteiger partial charge in [0.25, 0.3) is 0 Å². The first-order chi connectivity index (χ1) is 13.7. The molecule has 28 heavy (non-hydrogen) atoms. The molecule has 0 unspecified atom stereocenters. The molecule has 3 rings (SSSR count). The first-order valence-electron chi connectivity index (χ1n) is 9.63. The monoisotopic (exact) mass is 410 g/mol. The zero-order valence-electron chi connectivity index (χ0n) is 16.7. The second kappa shape index (κ2) is 9.99. The predicted molar refractivity (Wildman–Crippen MR) is 121 cm³/mol. The number of benzene rings is 3. The Morgan fingerprint density at radius 1 is 0.679 bits per heavy atom. The molecule has 0 saturated heterocycles. The normalized spacial score (nSPS) is 11.6. The van der Waals surface area contributed by atoms with E-state index in [-0.39, 0.29) is 0 Å². The summed E-state index contributed by atoms with van der Waals surface area (Å²) < 4.78 is 18.5. The van der Waals surface area contributed by atoms with Gasteiger partial charge in [-0.05, 0) is 37.7 Å². The van der Waals surface area contributed by atoms with E-state index in [2.05, 4.69) is 67.2 Å². The fourth-order valence-corrected chi connectivity index (χ4v) is 7.08. The third kappa shape index (κ3) is 5.09. The molecule has 0 heterocycles. The quantitative estimate of drug-likeness (QED) is 0.385. The van der Waals surface area contributed by atoms with Crippen molar-refractivity contribution in [3.63, 3.8) is 0 Å². The summed E-state index contributed by atoms with van der Waals surface area (Å²) in [7, 11) is -3.30. The van der Waals surface area contributed by atoms with Crippen molar-refractivity contribution in [2.75, 3.05) is 13.2 Å². The van der Waals surface area contributed by atoms with E-state index >= 15 is 0 Å². The summed E-state index contributed by atoms with van der Waals surface area (Å²) in [6, 6.07) is 29.0. The molecule has 0 N–H and O–H groups in total. The summed E-state index contributed by atoms with van der Waals surface area (Å²) in [5.74, 6) is 0.854. The van der Waals surface area contributed by atoms with Crippen LogP contribution >= 0.6 is 8.15 Å². The highest BCUT2D eigenvalue weighted by Gasteiger charge is 2.33. The lowest BCUT2D eigenvalue weighted by Crippen LogP contribution is -2.51. The average Bonchev–Trinajstić information content (AvgIpc) is 2.74. The van der Waals surface area contributed by atoms with Crippen molar-refractivity contribution in [2.45, 2.75) is 20.4 Å². The van der Waals surface area contributed by atoms with Crippen LogP contribution in [0.3, 0.4) is 0 Å². The average molecular weight is 411 g/mol. The van der Waals surface area contributed by atoms with Crippen molar-refractivity contribution in [3.05, 3.63) is 84.9 Å². The van der Waals surface area contributed by atoms with Crippen LogP contribution in [-0.2, 0) is 8.85 Å². The topological polar surface area (TPSA) is 27.7 Å². The van der Waals surface area contributed by atoms with E-state index in [1.54, 1.807) is 0 Å². The van der Waals surface area contributed by atoms with Gasteiger partial charge in [0.2, 0.25) is 0 Å². The van der Waals surface area contributed by atoms with E-state index in [9.17, 15) is 0 Å². The van der Waals surface area contributed by atoms with E-state index in [0.29, 0.717) is 13.2 Å². The van der Waals surface area contributed by atoms with Gasteiger partial charge in [-0.25, -0.2) is 0 Å². The Morgan fingerprint density at radius 3 is 1.57 bits per heavy atom. The minimum atomic E-state index is -2.37. The third-order valence-electron chi connectivity index (χ3n) is 4.40. The number of rotatable bonds is 9. The van der Waals surface area contributed by atoms with Crippen LogP contribution in [0.1, 0.15) is 13.8 Å². The molecule has 0 aliphatic rings. The molecule has 146 valence electrons. The molecule has 3 nitrogen and oxygen atoms in total. The van der Waals surface area contributed by atoms with E-state index in [0.717, 1.165) is 10.9 Å². The van der Waals surface area contributed by atoms with Crippen LogP contribution < -0.4 is 20.3 Å².